The number of hydrogen-bond acceptors (Lipinski definition) is 4. The van der Waals surface area contributed by atoms with Crippen LogP contribution in [-0.2, 0) is 20.6 Å². The maximum absolute atomic E-state index is 12.0. The maximum atomic E-state index is 12.0. The molecule has 4 nitrogen and oxygen atoms in total. The summed E-state index contributed by atoms with van der Waals surface area (Å²) in [7, 11) is -4.05. The Morgan fingerprint density at radius 3 is 2.42 bits per heavy atom. The van der Waals surface area contributed by atoms with Crippen LogP contribution >= 0.6 is 0 Å². The van der Waals surface area contributed by atoms with E-state index < -0.39 is 20.6 Å². The lowest BCUT2D eigenvalue weighted by molar-refractivity contribution is 0.287. The zero-order valence-corrected chi connectivity index (χ0v) is 13.7. The van der Waals surface area contributed by atoms with Crippen LogP contribution in [0, 0.1) is 5.92 Å². The molecule has 1 aliphatic rings. The van der Waals surface area contributed by atoms with Gasteiger partial charge in [-0.3, -0.25) is 4.21 Å². The van der Waals surface area contributed by atoms with Gasteiger partial charge in [0, 0.05) is 34.6 Å². The van der Waals surface area contributed by atoms with Crippen LogP contribution < -0.4 is 5.32 Å². The molecule has 0 radical (unpaired) electrons. The first-order valence-electron chi connectivity index (χ1n) is 7.18. The Balaban J connectivity index is 2.45. The van der Waals surface area contributed by atoms with E-state index >= 15 is 0 Å². The van der Waals surface area contributed by atoms with Gasteiger partial charge in [-0.1, -0.05) is 26.2 Å². The highest BCUT2D eigenvalue weighted by atomic mass is 32.2. The summed E-state index contributed by atoms with van der Waals surface area (Å²) in [5.41, 5.74) is 0. The Morgan fingerprint density at radius 2 is 1.89 bits per heavy atom. The normalized spacial score (nSPS) is 21.2. The van der Waals surface area contributed by atoms with Gasteiger partial charge in [0.15, 0.2) is 0 Å². The third-order valence-corrected chi connectivity index (χ3v) is 6.33. The summed E-state index contributed by atoms with van der Waals surface area (Å²) < 4.78 is 34.2. The van der Waals surface area contributed by atoms with Crippen molar-refractivity contribution >= 4 is 20.6 Å². The molecule has 114 valence electrons. The molecule has 19 heavy (non-hydrogen) atoms. The molecule has 0 saturated heterocycles. The van der Waals surface area contributed by atoms with Gasteiger partial charge in [0.25, 0.3) is 0 Å². The molecule has 1 N–H and O–H groups in total. The molecule has 0 aromatic heterocycles. The van der Waals surface area contributed by atoms with Crippen molar-refractivity contribution in [3.63, 3.8) is 0 Å². The molecule has 1 saturated carbocycles. The Hall–Kier alpha value is 0.0600. The van der Waals surface area contributed by atoms with E-state index in [0.717, 1.165) is 6.54 Å². The molecule has 0 aromatic rings. The van der Waals surface area contributed by atoms with Crippen LogP contribution in [0.2, 0.25) is 0 Å². The molecule has 1 fully saturated rings. The first kappa shape index (κ1) is 17.1. The molecule has 0 aliphatic heterocycles. The van der Waals surface area contributed by atoms with Crippen molar-refractivity contribution in [3.8, 4) is 0 Å². The predicted octanol–water partition coefficient (Wildman–Crippen LogP) is 1.34. The monoisotopic (exact) mass is 309 g/mol. The Bertz CT molecular complexity index is 375. The van der Waals surface area contributed by atoms with Crippen LogP contribution in [0.15, 0.2) is 0 Å². The minimum Gasteiger partial charge on any atom is -0.313 e. The van der Waals surface area contributed by atoms with Crippen molar-refractivity contribution < 1.29 is 12.6 Å². The highest BCUT2D eigenvalue weighted by molar-refractivity contribution is 7.92. The maximum Gasteiger partial charge on any atom is 0.148 e. The van der Waals surface area contributed by atoms with E-state index in [9.17, 15) is 12.6 Å². The number of sulfone groups is 1. The first-order chi connectivity index (χ1) is 8.92. The van der Waals surface area contributed by atoms with Crippen LogP contribution in [0.5, 0.6) is 0 Å². The van der Waals surface area contributed by atoms with Crippen LogP contribution in [0.1, 0.15) is 39.0 Å². The molecule has 0 spiro atoms. The van der Waals surface area contributed by atoms with E-state index in [2.05, 4.69) is 12.2 Å². The summed E-state index contributed by atoms with van der Waals surface area (Å²) in [5, 5.41) is 3.44. The lowest BCUT2D eigenvalue weighted by Gasteiger charge is -2.30. The van der Waals surface area contributed by atoms with Crippen molar-refractivity contribution in [2.45, 2.75) is 45.1 Å². The molecular weight excluding hydrogens is 282 g/mol. The summed E-state index contributed by atoms with van der Waals surface area (Å²) in [5.74, 6) is 1.50. The minimum absolute atomic E-state index is 0.0309. The average Bonchev–Trinajstić information content (AvgIpc) is 2.36. The van der Waals surface area contributed by atoms with Crippen LogP contribution in [0.25, 0.3) is 0 Å². The fourth-order valence-corrected chi connectivity index (χ4v) is 5.60. The predicted molar refractivity (Wildman–Crippen MR) is 81.6 cm³/mol. The summed E-state index contributed by atoms with van der Waals surface area (Å²) in [6.45, 7) is 2.94. The topological polar surface area (TPSA) is 63.2 Å². The van der Waals surface area contributed by atoms with Gasteiger partial charge in [-0.2, -0.15) is 0 Å². The van der Waals surface area contributed by atoms with E-state index in [1.54, 1.807) is 0 Å². The third-order valence-electron chi connectivity index (χ3n) is 3.73. The van der Waals surface area contributed by atoms with Crippen molar-refractivity contribution in [2.75, 3.05) is 30.1 Å². The zero-order chi connectivity index (χ0) is 14.3. The van der Waals surface area contributed by atoms with Gasteiger partial charge in [0.2, 0.25) is 0 Å². The van der Waals surface area contributed by atoms with Gasteiger partial charge in [0.05, 0.1) is 5.75 Å². The molecular formula is C13H27NO3S2. The summed E-state index contributed by atoms with van der Waals surface area (Å²) in [6.07, 6.45) is 7.46. The molecule has 6 heteroatoms. The average molecular weight is 309 g/mol. The Labute approximate surface area is 120 Å². The van der Waals surface area contributed by atoms with Crippen molar-refractivity contribution in [1.29, 1.82) is 0 Å². The van der Waals surface area contributed by atoms with Gasteiger partial charge in [-0.25, -0.2) is 8.42 Å². The summed E-state index contributed by atoms with van der Waals surface area (Å²) in [4.78, 5) is 0. The lowest BCUT2D eigenvalue weighted by atomic mass is 9.84. The third kappa shape index (κ3) is 7.42. The highest BCUT2D eigenvalue weighted by Crippen LogP contribution is 2.26. The molecule has 1 aliphatic carbocycles. The SMILES string of the molecule is CCNC(CS(=O)CCS(C)(=O)=O)C1CCCCC1. The Kier molecular flexibility index (Phi) is 7.54. The molecule has 2 atom stereocenters. The van der Waals surface area contributed by atoms with Gasteiger partial charge in [-0.15, -0.1) is 0 Å². The molecule has 1 rings (SSSR count). The number of rotatable bonds is 8. The lowest BCUT2D eigenvalue weighted by Crippen LogP contribution is -2.41. The van der Waals surface area contributed by atoms with E-state index in [1.165, 1.54) is 38.4 Å². The fourth-order valence-electron chi connectivity index (χ4n) is 2.69. The minimum atomic E-state index is -3.01. The van der Waals surface area contributed by atoms with E-state index in [-0.39, 0.29) is 17.5 Å². The van der Waals surface area contributed by atoms with Gasteiger partial charge >= 0.3 is 0 Å². The van der Waals surface area contributed by atoms with E-state index in [1.807, 2.05) is 0 Å². The van der Waals surface area contributed by atoms with Crippen LogP contribution in [0.3, 0.4) is 0 Å². The Morgan fingerprint density at radius 1 is 1.26 bits per heavy atom. The molecule has 0 heterocycles. The summed E-state index contributed by atoms with van der Waals surface area (Å²) in [6, 6.07) is 0.283. The highest BCUT2D eigenvalue weighted by Gasteiger charge is 2.24. The number of nitrogens with one attached hydrogen (secondary N) is 1. The second-order valence-electron chi connectivity index (χ2n) is 5.50. The van der Waals surface area contributed by atoms with Crippen LogP contribution in [-0.4, -0.2) is 48.7 Å². The van der Waals surface area contributed by atoms with Crippen molar-refractivity contribution in [3.05, 3.63) is 0 Å². The zero-order valence-electron chi connectivity index (χ0n) is 12.1. The smallest absolute Gasteiger partial charge is 0.148 e. The van der Waals surface area contributed by atoms with Crippen molar-refractivity contribution in [1.82, 2.24) is 5.32 Å². The standard InChI is InChI=1S/C13H27NO3S2/c1-3-14-13(12-7-5-4-6-8-12)11-18(15)9-10-19(2,16)17/h12-14H,3-11H2,1-2H3. The van der Waals surface area contributed by atoms with Gasteiger partial charge in [0.1, 0.15) is 9.84 Å². The van der Waals surface area contributed by atoms with E-state index in [4.69, 9.17) is 0 Å². The fraction of sp³-hybridized carbons (Fsp3) is 1.00. The second-order valence-corrected chi connectivity index (χ2v) is 9.38. The molecule has 0 amide bonds. The second kappa shape index (κ2) is 8.37. The van der Waals surface area contributed by atoms with E-state index in [0.29, 0.717) is 11.7 Å². The molecule has 0 aromatic carbocycles. The van der Waals surface area contributed by atoms with Crippen molar-refractivity contribution in [2.24, 2.45) is 5.92 Å². The first-order valence-corrected chi connectivity index (χ1v) is 10.7. The quantitative estimate of drug-likeness (QED) is 0.735. The van der Waals surface area contributed by atoms with Gasteiger partial charge in [-0.05, 0) is 25.3 Å². The summed E-state index contributed by atoms with van der Waals surface area (Å²) >= 11 is 0. The molecule has 2 unspecified atom stereocenters. The largest absolute Gasteiger partial charge is 0.313 e. The van der Waals surface area contributed by atoms with Crippen LogP contribution in [0.4, 0.5) is 0 Å². The van der Waals surface area contributed by atoms with Gasteiger partial charge < -0.3 is 5.32 Å². The number of hydrogen-bond donors (Lipinski definition) is 1. The molecule has 0 bridgehead atoms.